The molecule has 2 atom stereocenters. The number of carbonyl (C=O) groups is 1. The first-order chi connectivity index (χ1) is 11.7. The summed E-state index contributed by atoms with van der Waals surface area (Å²) in [6.07, 6.45) is 2.96. The fourth-order valence-corrected chi connectivity index (χ4v) is 3.37. The molecule has 1 aliphatic carbocycles. The van der Waals surface area contributed by atoms with Crippen LogP contribution in [0.1, 0.15) is 19.3 Å². The average molecular weight is 345 g/mol. The second-order valence-corrected chi connectivity index (χ2v) is 6.46. The Morgan fingerprint density at radius 3 is 2.58 bits per heavy atom. The average Bonchev–Trinajstić information content (AvgIpc) is 3.07. The number of para-hydroxylation sites is 3. The van der Waals surface area contributed by atoms with Crippen molar-refractivity contribution in [1.82, 2.24) is 0 Å². The largest absolute Gasteiger partial charge is 0.454 e. The first-order valence-corrected chi connectivity index (χ1v) is 8.59. The molecule has 126 valence electrons. The Balaban J connectivity index is 1.77. The summed E-state index contributed by atoms with van der Waals surface area (Å²) in [4.78, 5) is 12.6. The molecule has 1 saturated carbocycles. The Kier molecular flexibility index (Phi) is 5.38. The molecule has 2 aromatic carbocycles. The monoisotopic (exact) mass is 344 g/mol. The molecule has 0 spiro atoms. The third-order valence-electron chi connectivity index (χ3n) is 4.50. The molecule has 1 fully saturated rings. The highest BCUT2D eigenvalue weighted by Gasteiger charge is 2.32. The molecule has 0 bridgehead atoms. The van der Waals surface area contributed by atoms with Crippen LogP contribution in [0.3, 0.4) is 0 Å². The van der Waals surface area contributed by atoms with Gasteiger partial charge in [0.25, 0.3) is 0 Å². The Morgan fingerprint density at radius 1 is 1.12 bits per heavy atom. The first kappa shape index (κ1) is 16.8. The maximum atomic E-state index is 12.6. The standard InChI is InChI=1S/C19H21ClN2O2/c20-15-8-1-3-10-17(15)24-18-11-4-2-9-16(18)22-19(23)14-7-5-6-13(14)12-21/h1-4,8-11,13-14H,5-7,12,21H2,(H,22,23)/t13-,14-/m1/s1. The zero-order chi connectivity index (χ0) is 16.9. The van der Waals surface area contributed by atoms with Crippen molar-refractivity contribution in [2.45, 2.75) is 19.3 Å². The van der Waals surface area contributed by atoms with Crippen LogP contribution in [0.4, 0.5) is 5.69 Å². The van der Waals surface area contributed by atoms with Gasteiger partial charge in [-0.3, -0.25) is 4.79 Å². The smallest absolute Gasteiger partial charge is 0.227 e. The van der Waals surface area contributed by atoms with Gasteiger partial charge >= 0.3 is 0 Å². The predicted octanol–water partition coefficient (Wildman–Crippen LogP) is 4.45. The summed E-state index contributed by atoms with van der Waals surface area (Å²) in [5.74, 6) is 1.38. The summed E-state index contributed by atoms with van der Waals surface area (Å²) < 4.78 is 5.89. The van der Waals surface area contributed by atoms with Crippen LogP contribution in [0.5, 0.6) is 11.5 Å². The van der Waals surface area contributed by atoms with Gasteiger partial charge in [-0.2, -0.15) is 0 Å². The number of benzene rings is 2. The minimum atomic E-state index is -0.0247. The molecule has 0 aromatic heterocycles. The molecule has 0 aliphatic heterocycles. The Hall–Kier alpha value is -2.04. The van der Waals surface area contributed by atoms with Gasteiger partial charge in [0, 0.05) is 5.92 Å². The molecule has 1 amide bonds. The Morgan fingerprint density at radius 2 is 1.83 bits per heavy atom. The highest BCUT2D eigenvalue weighted by atomic mass is 35.5. The number of rotatable bonds is 5. The molecule has 1 aliphatic rings. The molecule has 4 nitrogen and oxygen atoms in total. The van der Waals surface area contributed by atoms with Gasteiger partial charge in [-0.15, -0.1) is 0 Å². The van der Waals surface area contributed by atoms with Gasteiger partial charge in [-0.25, -0.2) is 0 Å². The molecule has 0 unspecified atom stereocenters. The zero-order valence-corrected chi connectivity index (χ0v) is 14.1. The molecule has 0 saturated heterocycles. The van der Waals surface area contributed by atoms with Crippen LogP contribution in [0.25, 0.3) is 0 Å². The van der Waals surface area contributed by atoms with Gasteiger partial charge in [0.1, 0.15) is 5.75 Å². The molecular weight excluding hydrogens is 324 g/mol. The van der Waals surface area contributed by atoms with E-state index in [4.69, 9.17) is 22.1 Å². The van der Waals surface area contributed by atoms with E-state index in [1.807, 2.05) is 36.4 Å². The summed E-state index contributed by atoms with van der Waals surface area (Å²) in [6.45, 7) is 0.551. The SMILES string of the molecule is NC[C@H]1CCC[C@H]1C(=O)Nc1ccccc1Oc1ccccc1Cl. The van der Waals surface area contributed by atoms with E-state index in [0.29, 0.717) is 28.8 Å². The summed E-state index contributed by atoms with van der Waals surface area (Å²) in [5.41, 5.74) is 6.43. The van der Waals surface area contributed by atoms with Gasteiger partial charge in [-0.1, -0.05) is 42.3 Å². The third-order valence-corrected chi connectivity index (χ3v) is 4.81. The number of hydrogen-bond acceptors (Lipinski definition) is 3. The maximum absolute atomic E-state index is 12.6. The van der Waals surface area contributed by atoms with E-state index in [1.54, 1.807) is 12.1 Å². The van der Waals surface area contributed by atoms with E-state index in [2.05, 4.69) is 5.32 Å². The maximum Gasteiger partial charge on any atom is 0.227 e. The van der Waals surface area contributed by atoms with Crippen molar-refractivity contribution in [3.05, 3.63) is 53.6 Å². The lowest BCUT2D eigenvalue weighted by Crippen LogP contribution is -2.29. The quantitative estimate of drug-likeness (QED) is 0.842. The number of halogens is 1. The highest BCUT2D eigenvalue weighted by Crippen LogP contribution is 2.35. The number of hydrogen-bond donors (Lipinski definition) is 2. The van der Waals surface area contributed by atoms with Crippen molar-refractivity contribution in [2.75, 3.05) is 11.9 Å². The van der Waals surface area contributed by atoms with Gasteiger partial charge in [0.15, 0.2) is 5.75 Å². The van der Waals surface area contributed by atoms with Crippen LogP contribution in [0.15, 0.2) is 48.5 Å². The van der Waals surface area contributed by atoms with E-state index in [0.717, 1.165) is 19.3 Å². The summed E-state index contributed by atoms with van der Waals surface area (Å²) in [5, 5.41) is 3.52. The van der Waals surface area contributed by atoms with Crippen LogP contribution in [-0.4, -0.2) is 12.5 Å². The molecular formula is C19H21ClN2O2. The van der Waals surface area contributed by atoms with E-state index in [1.165, 1.54) is 0 Å². The first-order valence-electron chi connectivity index (χ1n) is 8.21. The fraction of sp³-hybridized carbons (Fsp3) is 0.316. The summed E-state index contributed by atoms with van der Waals surface area (Å²) in [6, 6.07) is 14.6. The topological polar surface area (TPSA) is 64.4 Å². The lowest BCUT2D eigenvalue weighted by atomic mass is 9.95. The summed E-state index contributed by atoms with van der Waals surface area (Å²) in [7, 11) is 0. The molecule has 2 aromatic rings. The predicted molar refractivity (Wildman–Crippen MR) is 96.5 cm³/mol. The second-order valence-electron chi connectivity index (χ2n) is 6.05. The Labute approximate surface area is 147 Å². The van der Waals surface area contributed by atoms with Gasteiger partial charge in [-0.05, 0) is 49.6 Å². The van der Waals surface area contributed by atoms with Crippen molar-refractivity contribution < 1.29 is 9.53 Å². The number of ether oxygens (including phenoxy) is 1. The van der Waals surface area contributed by atoms with Crippen molar-refractivity contribution >= 4 is 23.2 Å². The zero-order valence-electron chi connectivity index (χ0n) is 13.4. The highest BCUT2D eigenvalue weighted by molar-refractivity contribution is 6.32. The molecule has 3 N–H and O–H groups in total. The Bertz CT molecular complexity index is 720. The van der Waals surface area contributed by atoms with Crippen LogP contribution in [-0.2, 0) is 4.79 Å². The van der Waals surface area contributed by atoms with Crippen LogP contribution < -0.4 is 15.8 Å². The van der Waals surface area contributed by atoms with E-state index < -0.39 is 0 Å². The number of anilines is 1. The van der Waals surface area contributed by atoms with Gasteiger partial charge in [0.05, 0.1) is 10.7 Å². The third kappa shape index (κ3) is 3.71. The van der Waals surface area contributed by atoms with Gasteiger partial charge in [0.2, 0.25) is 5.91 Å². The van der Waals surface area contributed by atoms with Crippen LogP contribution in [0, 0.1) is 11.8 Å². The van der Waals surface area contributed by atoms with Crippen molar-refractivity contribution in [2.24, 2.45) is 17.6 Å². The number of nitrogens with two attached hydrogens (primary N) is 1. The molecule has 0 radical (unpaired) electrons. The summed E-state index contributed by atoms with van der Waals surface area (Å²) >= 11 is 6.15. The normalized spacial score (nSPS) is 19.9. The fourth-order valence-electron chi connectivity index (χ4n) is 3.19. The molecule has 0 heterocycles. The van der Waals surface area contributed by atoms with Crippen molar-refractivity contribution in [1.29, 1.82) is 0 Å². The lowest BCUT2D eigenvalue weighted by Gasteiger charge is -2.19. The second kappa shape index (κ2) is 7.69. The minimum absolute atomic E-state index is 0.0122. The number of amides is 1. The lowest BCUT2D eigenvalue weighted by molar-refractivity contribution is -0.120. The molecule has 5 heteroatoms. The number of nitrogens with one attached hydrogen (secondary N) is 1. The van der Waals surface area contributed by atoms with Crippen molar-refractivity contribution in [3.8, 4) is 11.5 Å². The van der Waals surface area contributed by atoms with E-state index in [-0.39, 0.29) is 17.7 Å². The van der Waals surface area contributed by atoms with Crippen LogP contribution in [0.2, 0.25) is 5.02 Å². The molecule has 24 heavy (non-hydrogen) atoms. The number of carbonyl (C=O) groups excluding carboxylic acids is 1. The van der Waals surface area contributed by atoms with Crippen LogP contribution >= 0.6 is 11.6 Å². The van der Waals surface area contributed by atoms with E-state index in [9.17, 15) is 4.79 Å². The minimum Gasteiger partial charge on any atom is -0.454 e. The van der Waals surface area contributed by atoms with E-state index >= 15 is 0 Å². The molecule has 3 rings (SSSR count). The van der Waals surface area contributed by atoms with Crippen molar-refractivity contribution in [3.63, 3.8) is 0 Å². The van der Waals surface area contributed by atoms with Gasteiger partial charge < -0.3 is 15.8 Å².